The molecule has 0 bridgehead atoms. The number of ketones is 1. The molecule has 1 fully saturated rings. The van der Waals surface area contributed by atoms with E-state index in [1.54, 1.807) is 42.7 Å². The van der Waals surface area contributed by atoms with E-state index >= 15 is 0 Å². The van der Waals surface area contributed by atoms with E-state index < -0.39 is 17.7 Å². The molecule has 33 heavy (non-hydrogen) atoms. The number of likely N-dealkylation sites (tertiary alicyclic amines) is 1. The van der Waals surface area contributed by atoms with Gasteiger partial charge in [0.2, 0.25) is 0 Å². The van der Waals surface area contributed by atoms with Gasteiger partial charge >= 0.3 is 0 Å². The van der Waals surface area contributed by atoms with E-state index in [-0.39, 0.29) is 11.3 Å². The molecule has 2 aromatic carbocycles. The lowest BCUT2D eigenvalue weighted by molar-refractivity contribution is -0.139. The fourth-order valence-electron chi connectivity index (χ4n) is 4.24. The molecule has 3 aromatic rings. The maximum atomic E-state index is 13.1. The van der Waals surface area contributed by atoms with E-state index in [2.05, 4.69) is 4.98 Å². The Morgan fingerprint density at radius 1 is 1.00 bits per heavy atom. The van der Waals surface area contributed by atoms with Gasteiger partial charge in [-0.25, -0.2) is 0 Å². The predicted molar refractivity (Wildman–Crippen MR) is 121 cm³/mol. The van der Waals surface area contributed by atoms with Gasteiger partial charge in [0, 0.05) is 24.5 Å². The van der Waals surface area contributed by atoms with Gasteiger partial charge < -0.3 is 19.5 Å². The Labute approximate surface area is 190 Å². The van der Waals surface area contributed by atoms with Gasteiger partial charge in [0.05, 0.1) is 11.6 Å². The lowest BCUT2D eigenvalue weighted by Crippen LogP contribution is -2.31. The molecule has 0 saturated carbocycles. The second-order valence-corrected chi connectivity index (χ2v) is 7.87. The fraction of sp³-hybridized carbons (Fsp3) is 0.192. The van der Waals surface area contributed by atoms with Gasteiger partial charge in [0.15, 0.2) is 11.5 Å². The van der Waals surface area contributed by atoms with Crippen molar-refractivity contribution >= 4 is 17.4 Å². The fourth-order valence-corrected chi connectivity index (χ4v) is 4.24. The first-order valence-corrected chi connectivity index (χ1v) is 10.8. The van der Waals surface area contributed by atoms with E-state index in [0.29, 0.717) is 48.8 Å². The van der Waals surface area contributed by atoms with Crippen LogP contribution in [-0.2, 0) is 16.0 Å². The highest BCUT2D eigenvalue weighted by atomic mass is 16.6. The zero-order chi connectivity index (χ0) is 22.8. The van der Waals surface area contributed by atoms with Crippen LogP contribution in [0.3, 0.4) is 0 Å². The number of benzene rings is 2. The molecule has 0 radical (unpaired) electrons. The van der Waals surface area contributed by atoms with E-state index in [9.17, 15) is 14.7 Å². The zero-order valence-electron chi connectivity index (χ0n) is 17.8. The molecule has 166 valence electrons. The van der Waals surface area contributed by atoms with Gasteiger partial charge in [-0.15, -0.1) is 0 Å². The minimum Gasteiger partial charge on any atom is -0.507 e. The molecule has 2 aliphatic rings. The van der Waals surface area contributed by atoms with Crippen LogP contribution in [0.25, 0.3) is 5.76 Å². The van der Waals surface area contributed by atoms with Crippen LogP contribution in [0.2, 0.25) is 0 Å². The highest BCUT2D eigenvalue weighted by molar-refractivity contribution is 6.46. The van der Waals surface area contributed by atoms with Crippen molar-refractivity contribution < 1.29 is 24.2 Å². The van der Waals surface area contributed by atoms with Gasteiger partial charge in [0.1, 0.15) is 19.0 Å². The number of rotatable bonds is 5. The Hall–Kier alpha value is -4.13. The third-order valence-electron chi connectivity index (χ3n) is 5.84. The smallest absolute Gasteiger partial charge is 0.295 e. The van der Waals surface area contributed by atoms with Crippen LogP contribution in [-0.4, -0.2) is 46.4 Å². The predicted octanol–water partition coefficient (Wildman–Crippen LogP) is 3.52. The van der Waals surface area contributed by atoms with Crippen molar-refractivity contribution in [3.05, 3.63) is 95.3 Å². The van der Waals surface area contributed by atoms with Gasteiger partial charge in [0.25, 0.3) is 11.7 Å². The maximum Gasteiger partial charge on any atom is 0.295 e. The normalized spacial score (nSPS) is 19.0. The summed E-state index contributed by atoms with van der Waals surface area (Å²) in [5, 5.41) is 11.2. The quantitative estimate of drug-likeness (QED) is 0.370. The average Bonchev–Trinajstić information content (AvgIpc) is 3.12. The molecule has 2 aliphatic heterocycles. The van der Waals surface area contributed by atoms with Crippen LogP contribution in [0, 0.1) is 0 Å². The van der Waals surface area contributed by atoms with Crippen molar-refractivity contribution in [2.45, 2.75) is 12.5 Å². The first kappa shape index (κ1) is 20.8. The number of hydrogen-bond donors (Lipinski definition) is 1. The number of ether oxygens (including phenoxy) is 2. The first-order valence-electron chi connectivity index (χ1n) is 10.8. The summed E-state index contributed by atoms with van der Waals surface area (Å²) in [7, 11) is 0. The molecule has 0 aliphatic carbocycles. The molecule has 1 aromatic heterocycles. The van der Waals surface area contributed by atoms with Crippen LogP contribution in [0.1, 0.15) is 22.7 Å². The lowest BCUT2D eigenvalue weighted by Gasteiger charge is -2.25. The van der Waals surface area contributed by atoms with Crippen LogP contribution < -0.4 is 9.47 Å². The Morgan fingerprint density at radius 2 is 1.79 bits per heavy atom. The molecule has 0 spiro atoms. The summed E-state index contributed by atoms with van der Waals surface area (Å²) >= 11 is 0. The van der Waals surface area contributed by atoms with Gasteiger partial charge in [-0.2, -0.15) is 0 Å². The Balaban J connectivity index is 1.56. The summed E-state index contributed by atoms with van der Waals surface area (Å²) in [6.45, 7) is 1.18. The van der Waals surface area contributed by atoms with Crippen molar-refractivity contribution in [2.75, 3.05) is 19.8 Å². The summed E-state index contributed by atoms with van der Waals surface area (Å²) < 4.78 is 11.2. The second kappa shape index (κ2) is 8.78. The van der Waals surface area contributed by atoms with Gasteiger partial charge in [-0.3, -0.25) is 14.6 Å². The molecule has 0 unspecified atom stereocenters. The number of nitrogens with zero attached hydrogens (tertiary/aromatic N) is 2. The van der Waals surface area contributed by atoms with E-state index in [1.807, 2.05) is 30.3 Å². The topological polar surface area (TPSA) is 89.0 Å². The van der Waals surface area contributed by atoms with Crippen molar-refractivity contribution in [3.63, 3.8) is 0 Å². The van der Waals surface area contributed by atoms with E-state index in [4.69, 9.17) is 9.47 Å². The minimum absolute atomic E-state index is 0.0396. The highest BCUT2D eigenvalue weighted by Gasteiger charge is 2.46. The number of aliphatic hydroxyl groups excluding tert-OH is 1. The second-order valence-electron chi connectivity index (χ2n) is 7.87. The number of carbonyl (C=O) groups is 2. The standard InChI is InChI=1S/C26H22N2O5/c29-24(18-8-9-20-21(15-18)33-14-13-32-20)22-23(19-7-4-11-27-16-19)28(26(31)25(22)30)12-10-17-5-2-1-3-6-17/h1-9,11,15-16,23,29H,10,12-14H2/b24-22+/t23-/m0/s1. The Bertz CT molecular complexity index is 1220. The van der Waals surface area contributed by atoms with E-state index in [0.717, 1.165) is 5.56 Å². The zero-order valence-corrected chi connectivity index (χ0v) is 17.8. The number of carbonyl (C=O) groups excluding carboxylic acids is 2. The Morgan fingerprint density at radius 3 is 2.55 bits per heavy atom. The monoisotopic (exact) mass is 442 g/mol. The van der Waals surface area contributed by atoms with Crippen molar-refractivity contribution in [2.24, 2.45) is 0 Å². The van der Waals surface area contributed by atoms with Crippen molar-refractivity contribution in [1.82, 2.24) is 9.88 Å². The number of amides is 1. The Kier molecular flexibility index (Phi) is 5.52. The number of pyridine rings is 1. The number of hydrogen-bond acceptors (Lipinski definition) is 6. The summed E-state index contributed by atoms with van der Waals surface area (Å²) in [5.74, 6) is -0.545. The van der Waals surface area contributed by atoms with Crippen LogP contribution in [0.5, 0.6) is 11.5 Å². The molecule has 1 N–H and O–H groups in total. The number of aromatic nitrogens is 1. The third kappa shape index (κ3) is 3.93. The summed E-state index contributed by atoms with van der Waals surface area (Å²) in [4.78, 5) is 31.9. The largest absolute Gasteiger partial charge is 0.507 e. The van der Waals surface area contributed by atoms with Gasteiger partial charge in [-0.1, -0.05) is 36.4 Å². The highest BCUT2D eigenvalue weighted by Crippen LogP contribution is 2.40. The molecule has 5 rings (SSSR count). The molecule has 1 amide bonds. The summed E-state index contributed by atoms with van der Waals surface area (Å²) in [6, 6.07) is 17.5. The molecular formula is C26H22N2O5. The molecule has 7 heteroatoms. The molecule has 1 saturated heterocycles. The first-order chi connectivity index (χ1) is 16.1. The molecular weight excluding hydrogens is 420 g/mol. The molecule has 1 atom stereocenters. The number of fused-ring (bicyclic) bond motifs is 1. The molecule has 3 heterocycles. The average molecular weight is 442 g/mol. The molecule has 7 nitrogen and oxygen atoms in total. The van der Waals surface area contributed by atoms with Crippen LogP contribution in [0.15, 0.2) is 78.6 Å². The van der Waals surface area contributed by atoms with Crippen molar-refractivity contribution in [3.8, 4) is 11.5 Å². The van der Waals surface area contributed by atoms with E-state index in [1.165, 1.54) is 4.90 Å². The van der Waals surface area contributed by atoms with Crippen LogP contribution in [0.4, 0.5) is 0 Å². The van der Waals surface area contributed by atoms with Crippen LogP contribution >= 0.6 is 0 Å². The maximum absolute atomic E-state index is 13.1. The number of aliphatic hydroxyl groups is 1. The summed E-state index contributed by atoms with van der Waals surface area (Å²) in [5.41, 5.74) is 2.13. The SMILES string of the molecule is O=C1C(=O)N(CCc2ccccc2)[C@@H](c2cccnc2)/C1=C(\O)c1ccc2c(c1)OCCO2. The summed E-state index contributed by atoms with van der Waals surface area (Å²) in [6.07, 6.45) is 3.82. The van der Waals surface area contributed by atoms with Crippen molar-refractivity contribution in [1.29, 1.82) is 0 Å². The minimum atomic E-state index is -0.740. The lowest BCUT2D eigenvalue weighted by atomic mass is 9.96. The van der Waals surface area contributed by atoms with Gasteiger partial charge in [-0.05, 0) is 41.8 Å². The number of Topliss-reactive ketones (excluding diaryl/α,β-unsaturated/α-hetero) is 1. The third-order valence-corrected chi connectivity index (χ3v) is 5.84.